The lowest BCUT2D eigenvalue weighted by molar-refractivity contribution is 0.248. The van der Waals surface area contributed by atoms with Gasteiger partial charge < -0.3 is 0 Å². The number of benzene rings is 3. The number of hydrogen-bond donors (Lipinski definition) is 0. The number of nitrogens with zero attached hydrogens (tertiary/aromatic N) is 1. The minimum Gasteiger partial charge on any atom is -0.291 e. The van der Waals surface area contributed by atoms with Gasteiger partial charge in [0.25, 0.3) is 0 Å². The molecule has 0 fully saturated rings. The second-order valence-electron chi connectivity index (χ2n) is 7.36. The summed E-state index contributed by atoms with van der Waals surface area (Å²) < 4.78 is 0. The molecule has 0 radical (unpaired) electrons. The molecule has 4 heteroatoms. The fourth-order valence-corrected chi connectivity index (χ4v) is 5.63. The van der Waals surface area contributed by atoms with Crippen LogP contribution >= 0.6 is 29.1 Å². The van der Waals surface area contributed by atoms with E-state index < -0.39 is 6.63 Å². The Morgan fingerprint density at radius 1 is 0.714 bits per heavy atom. The molecule has 0 aliphatic rings. The second-order valence-corrected chi connectivity index (χ2v) is 10.8. The Labute approximate surface area is 179 Å². The van der Waals surface area contributed by atoms with Gasteiger partial charge in [-0.15, -0.1) is 0 Å². The molecule has 28 heavy (non-hydrogen) atoms. The van der Waals surface area contributed by atoms with Crippen molar-refractivity contribution in [3.05, 3.63) is 101 Å². The summed E-state index contributed by atoms with van der Waals surface area (Å²) in [5, 5.41) is 1.13. The third-order valence-electron chi connectivity index (χ3n) is 4.83. The third kappa shape index (κ3) is 5.82. The normalized spacial score (nSPS) is 11.5. The average Bonchev–Trinajstić information content (AvgIpc) is 2.69. The molecule has 0 aliphatic heterocycles. The lowest BCUT2D eigenvalue weighted by atomic mass is 10.00. The van der Waals surface area contributed by atoms with Crippen LogP contribution in [0.4, 0.5) is 0 Å². The molecule has 3 aromatic rings. The monoisotopic (exact) mass is 429 g/mol. The van der Waals surface area contributed by atoms with E-state index in [1.807, 2.05) is 0 Å². The van der Waals surface area contributed by atoms with Gasteiger partial charge in [0.05, 0.1) is 0 Å². The van der Waals surface area contributed by atoms with Gasteiger partial charge in [-0.1, -0.05) is 115 Å². The predicted octanol–water partition coefficient (Wildman–Crippen LogP) is 7.43. The quantitative estimate of drug-likeness (QED) is 0.336. The van der Waals surface area contributed by atoms with Crippen LogP contribution in [0.3, 0.4) is 0 Å². The highest BCUT2D eigenvalue weighted by atomic mass is 35.9. The molecule has 0 aromatic heterocycles. The predicted molar refractivity (Wildman–Crippen MR) is 125 cm³/mol. The number of hydrogen-bond acceptors (Lipinski definition) is 1. The van der Waals surface area contributed by atoms with Crippen molar-refractivity contribution in [2.24, 2.45) is 0 Å². The molecule has 0 heterocycles. The Hall–Kier alpha value is -1.37. The van der Waals surface area contributed by atoms with Crippen molar-refractivity contribution in [3.63, 3.8) is 0 Å². The van der Waals surface area contributed by atoms with Crippen molar-refractivity contribution in [1.29, 1.82) is 0 Å². The van der Waals surface area contributed by atoms with Crippen molar-refractivity contribution in [2.45, 2.75) is 39.4 Å². The van der Waals surface area contributed by atoms with Crippen LogP contribution in [0, 0.1) is 0 Å². The molecular formula is C24H26Cl2NP. The second kappa shape index (κ2) is 10.4. The minimum atomic E-state index is -1.20. The van der Waals surface area contributed by atoms with E-state index in [1.165, 1.54) is 22.3 Å². The smallest absolute Gasteiger partial charge is 0.117 e. The summed E-state index contributed by atoms with van der Waals surface area (Å²) in [6.45, 7) is 5.76. The van der Waals surface area contributed by atoms with Gasteiger partial charge in [-0.3, -0.25) is 4.90 Å². The summed E-state index contributed by atoms with van der Waals surface area (Å²) in [5.74, 6) is 0.397. The molecule has 0 bridgehead atoms. The molecule has 0 unspecified atom stereocenters. The van der Waals surface area contributed by atoms with Gasteiger partial charge in [0.15, 0.2) is 0 Å². The summed E-state index contributed by atoms with van der Waals surface area (Å²) in [7, 11) is 0. The lowest BCUT2D eigenvalue weighted by Gasteiger charge is -2.26. The van der Waals surface area contributed by atoms with Crippen molar-refractivity contribution in [1.82, 2.24) is 4.90 Å². The van der Waals surface area contributed by atoms with Crippen molar-refractivity contribution in [3.8, 4) is 0 Å². The van der Waals surface area contributed by atoms with Gasteiger partial charge in [0.1, 0.15) is 6.63 Å². The molecule has 0 saturated carbocycles. The maximum absolute atomic E-state index is 6.47. The molecule has 3 aromatic carbocycles. The summed E-state index contributed by atoms with van der Waals surface area (Å²) in [6.07, 6.45) is 0. The highest BCUT2D eigenvalue weighted by Crippen LogP contribution is 2.48. The van der Waals surface area contributed by atoms with E-state index in [-0.39, 0.29) is 0 Å². The molecule has 0 amide bonds. The Kier molecular flexibility index (Phi) is 7.94. The number of rotatable bonds is 8. The fraction of sp³-hybridized carbons (Fsp3) is 0.250. The van der Waals surface area contributed by atoms with E-state index >= 15 is 0 Å². The largest absolute Gasteiger partial charge is 0.291 e. The van der Waals surface area contributed by atoms with E-state index in [0.717, 1.165) is 24.9 Å². The standard InChI is InChI=1S/C24H26Cl2NP/c1-19(2)23-15-9-14-22(24(23)28(25)26)18-27(16-20-10-5-3-6-11-20)17-21-12-7-4-8-13-21/h3-15,19H,16-18H2,1-2H3. The number of halogens is 2. The van der Waals surface area contributed by atoms with Gasteiger partial charge in [-0.05, 0) is 28.2 Å². The van der Waals surface area contributed by atoms with Crippen LogP contribution in [0.25, 0.3) is 0 Å². The van der Waals surface area contributed by atoms with Gasteiger partial charge in [0.2, 0.25) is 0 Å². The van der Waals surface area contributed by atoms with E-state index in [4.69, 9.17) is 22.5 Å². The van der Waals surface area contributed by atoms with Crippen LogP contribution in [0.5, 0.6) is 0 Å². The van der Waals surface area contributed by atoms with E-state index in [1.54, 1.807) is 0 Å². The minimum absolute atomic E-state index is 0.397. The summed E-state index contributed by atoms with van der Waals surface area (Å²) in [6, 6.07) is 27.7. The summed E-state index contributed by atoms with van der Waals surface area (Å²) in [4.78, 5) is 2.46. The molecular weight excluding hydrogens is 404 g/mol. The van der Waals surface area contributed by atoms with E-state index in [0.29, 0.717) is 5.92 Å². The molecule has 146 valence electrons. The maximum atomic E-state index is 6.47. The highest BCUT2D eigenvalue weighted by molar-refractivity contribution is 8.09. The van der Waals surface area contributed by atoms with Crippen LogP contribution in [0.1, 0.15) is 42.0 Å². The van der Waals surface area contributed by atoms with E-state index in [2.05, 4.69) is 97.6 Å². The van der Waals surface area contributed by atoms with Crippen LogP contribution in [-0.2, 0) is 19.6 Å². The van der Waals surface area contributed by atoms with Crippen LogP contribution in [0.2, 0.25) is 0 Å². The fourth-order valence-electron chi connectivity index (χ4n) is 3.50. The Balaban J connectivity index is 1.91. The van der Waals surface area contributed by atoms with Crippen LogP contribution in [-0.4, -0.2) is 4.90 Å². The third-order valence-corrected chi connectivity index (χ3v) is 6.73. The van der Waals surface area contributed by atoms with Gasteiger partial charge in [-0.2, -0.15) is 0 Å². The molecule has 0 spiro atoms. The molecule has 0 saturated heterocycles. The molecule has 0 atom stereocenters. The van der Waals surface area contributed by atoms with Crippen molar-refractivity contribution >= 4 is 34.4 Å². The lowest BCUT2D eigenvalue weighted by Crippen LogP contribution is -2.26. The zero-order chi connectivity index (χ0) is 19.9. The zero-order valence-electron chi connectivity index (χ0n) is 16.4. The zero-order valence-corrected chi connectivity index (χ0v) is 18.8. The first kappa shape index (κ1) is 21.3. The van der Waals surface area contributed by atoms with Gasteiger partial charge in [0, 0.05) is 24.9 Å². The highest BCUT2D eigenvalue weighted by Gasteiger charge is 2.19. The van der Waals surface area contributed by atoms with Gasteiger partial charge in [-0.25, -0.2) is 0 Å². The molecule has 3 rings (SSSR count). The Morgan fingerprint density at radius 3 is 1.71 bits per heavy atom. The van der Waals surface area contributed by atoms with Crippen molar-refractivity contribution < 1.29 is 0 Å². The topological polar surface area (TPSA) is 3.24 Å². The first-order chi connectivity index (χ1) is 13.5. The average molecular weight is 430 g/mol. The SMILES string of the molecule is CC(C)c1cccc(CN(Cc2ccccc2)Cc2ccccc2)c1P(Cl)Cl. The Morgan fingerprint density at radius 2 is 1.25 bits per heavy atom. The first-order valence-electron chi connectivity index (χ1n) is 9.58. The molecule has 0 aliphatic carbocycles. The van der Waals surface area contributed by atoms with Crippen molar-refractivity contribution in [2.75, 3.05) is 0 Å². The van der Waals surface area contributed by atoms with Crippen LogP contribution < -0.4 is 5.30 Å². The summed E-state index contributed by atoms with van der Waals surface area (Å²) in [5.41, 5.74) is 5.10. The Bertz CT molecular complexity index is 825. The van der Waals surface area contributed by atoms with E-state index in [9.17, 15) is 0 Å². The summed E-state index contributed by atoms with van der Waals surface area (Å²) >= 11 is 12.9. The molecule has 1 nitrogen and oxygen atoms in total. The maximum Gasteiger partial charge on any atom is 0.117 e. The molecule has 0 N–H and O–H groups in total. The van der Waals surface area contributed by atoms with Gasteiger partial charge >= 0.3 is 0 Å². The van der Waals surface area contributed by atoms with Crippen LogP contribution in [0.15, 0.2) is 78.9 Å². The first-order valence-corrected chi connectivity index (χ1v) is 12.7.